The van der Waals surface area contributed by atoms with Gasteiger partial charge in [-0.05, 0) is 34.5 Å². The van der Waals surface area contributed by atoms with E-state index in [4.69, 9.17) is 11.1 Å². The Balaban J connectivity index is 1.77. The lowest BCUT2D eigenvalue weighted by Gasteiger charge is -2.06. The van der Waals surface area contributed by atoms with Gasteiger partial charge in [0.15, 0.2) is 0 Å². The number of nitrogens with two attached hydrogens (primary N) is 1. The molecule has 0 aliphatic carbocycles. The Bertz CT molecular complexity index is 796. The first-order valence-corrected chi connectivity index (χ1v) is 7.76. The van der Waals surface area contributed by atoms with Crippen LogP contribution in [0.3, 0.4) is 0 Å². The average Bonchev–Trinajstić information content (AvgIpc) is 2.53. The van der Waals surface area contributed by atoms with E-state index < -0.39 is 0 Å². The summed E-state index contributed by atoms with van der Waals surface area (Å²) in [6.45, 7) is 0. The van der Waals surface area contributed by atoms with Crippen molar-refractivity contribution in [2.24, 2.45) is 5.73 Å². The van der Waals surface area contributed by atoms with Crippen molar-refractivity contribution in [1.82, 2.24) is 0 Å². The molecule has 0 amide bonds. The highest BCUT2D eigenvalue weighted by atomic mass is 32.2. The molecule has 0 heterocycles. The molecule has 0 bridgehead atoms. The molecular formula is C18H16N2S. The zero-order valence-electron chi connectivity index (χ0n) is 11.5. The van der Waals surface area contributed by atoms with E-state index >= 15 is 0 Å². The molecule has 0 spiro atoms. The van der Waals surface area contributed by atoms with Gasteiger partial charge in [0.25, 0.3) is 0 Å². The second kappa shape index (κ2) is 6.02. The molecule has 3 heteroatoms. The van der Waals surface area contributed by atoms with E-state index in [1.807, 2.05) is 18.2 Å². The van der Waals surface area contributed by atoms with Crippen molar-refractivity contribution in [3.05, 3.63) is 77.9 Å². The molecule has 0 aliphatic rings. The van der Waals surface area contributed by atoms with E-state index in [2.05, 4.69) is 48.5 Å². The minimum Gasteiger partial charge on any atom is -0.384 e. The first-order valence-electron chi connectivity index (χ1n) is 6.77. The second-order valence-electron chi connectivity index (χ2n) is 4.91. The lowest BCUT2D eigenvalue weighted by molar-refractivity contribution is 1.36. The van der Waals surface area contributed by atoms with Gasteiger partial charge >= 0.3 is 0 Å². The number of hydrogen-bond acceptors (Lipinski definition) is 2. The van der Waals surface area contributed by atoms with Crippen LogP contribution in [0.15, 0.2) is 71.6 Å². The van der Waals surface area contributed by atoms with E-state index in [9.17, 15) is 0 Å². The second-order valence-corrected chi connectivity index (χ2v) is 5.96. The third-order valence-corrected chi connectivity index (χ3v) is 4.43. The molecule has 2 nitrogen and oxygen atoms in total. The third kappa shape index (κ3) is 3.26. The van der Waals surface area contributed by atoms with Crippen molar-refractivity contribution in [2.75, 3.05) is 0 Å². The molecule has 0 aliphatic heterocycles. The van der Waals surface area contributed by atoms with Crippen LogP contribution in [0.5, 0.6) is 0 Å². The summed E-state index contributed by atoms with van der Waals surface area (Å²) in [6.07, 6.45) is 0. The largest absolute Gasteiger partial charge is 0.384 e. The number of amidine groups is 1. The number of rotatable bonds is 4. The molecule has 3 aromatic carbocycles. The summed E-state index contributed by atoms with van der Waals surface area (Å²) < 4.78 is 0. The summed E-state index contributed by atoms with van der Waals surface area (Å²) in [5.74, 6) is 0.993. The zero-order chi connectivity index (χ0) is 14.7. The van der Waals surface area contributed by atoms with Gasteiger partial charge in [-0.25, -0.2) is 0 Å². The van der Waals surface area contributed by atoms with Gasteiger partial charge in [-0.3, -0.25) is 5.41 Å². The van der Waals surface area contributed by atoms with Gasteiger partial charge in [-0.2, -0.15) is 0 Å². The van der Waals surface area contributed by atoms with E-state index in [-0.39, 0.29) is 5.84 Å². The lowest BCUT2D eigenvalue weighted by Crippen LogP contribution is -2.10. The van der Waals surface area contributed by atoms with Crippen LogP contribution in [0.4, 0.5) is 0 Å². The van der Waals surface area contributed by atoms with Crippen LogP contribution in [-0.4, -0.2) is 5.84 Å². The standard InChI is InChI=1S/C18H16N2S/c19-18(20)16-7-3-4-13(10-16)12-21-17-9-8-14-5-1-2-6-15(14)11-17/h1-11H,12H2,(H3,19,20). The number of benzene rings is 3. The van der Waals surface area contributed by atoms with E-state index in [1.54, 1.807) is 11.8 Å². The van der Waals surface area contributed by atoms with Crippen LogP contribution in [0, 0.1) is 5.41 Å². The Kier molecular flexibility index (Phi) is 3.93. The number of thioether (sulfide) groups is 1. The van der Waals surface area contributed by atoms with Crippen molar-refractivity contribution in [3.63, 3.8) is 0 Å². The molecule has 0 fully saturated rings. The van der Waals surface area contributed by atoms with E-state index in [0.29, 0.717) is 0 Å². The molecule has 21 heavy (non-hydrogen) atoms. The predicted molar refractivity (Wildman–Crippen MR) is 91.0 cm³/mol. The summed E-state index contributed by atoms with van der Waals surface area (Å²) in [7, 11) is 0. The molecule has 0 atom stereocenters. The van der Waals surface area contributed by atoms with Crippen molar-refractivity contribution in [3.8, 4) is 0 Å². The lowest BCUT2D eigenvalue weighted by atomic mass is 10.1. The molecule has 104 valence electrons. The number of fused-ring (bicyclic) bond motifs is 1. The maximum absolute atomic E-state index is 7.49. The number of nitrogens with one attached hydrogen (secondary N) is 1. The Labute approximate surface area is 128 Å². The topological polar surface area (TPSA) is 49.9 Å². The number of hydrogen-bond donors (Lipinski definition) is 2. The van der Waals surface area contributed by atoms with Crippen LogP contribution < -0.4 is 5.73 Å². The van der Waals surface area contributed by atoms with Crippen molar-refractivity contribution >= 4 is 28.4 Å². The highest BCUT2D eigenvalue weighted by Crippen LogP contribution is 2.26. The van der Waals surface area contributed by atoms with Gasteiger partial charge in [-0.1, -0.05) is 48.5 Å². The Hall–Kier alpha value is -2.26. The number of nitrogen functional groups attached to an aromatic ring is 1. The normalized spacial score (nSPS) is 10.7. The van der Waals surface area contributed by atoms with Gasteiger partial charge in [0.2, 0.25) is 0 Å². The Morgan fingerprint density at radius 3 is 2.52 bits per heavy atom. The van der Waals surface area contributed by atoms with E-state index in [1.165, 1.54) is 21.2 Å². The Morgan fingerprint density at radius 1 is 0.905 bits per heavy atom. The molecular weight excluding hydrogens is 276 g/mol. The minimum absolute atomic E-state index is 0.118. The van der Waals surface area contributed by atoms with Crippen LogP contribution in [0.25, 0.3) is 10.8 Å². The predicted octanol–water partition coefficient (Wildman–Crippen LogP) is 4.42. The maximum atomic E-state index is 7.49. The van der Waals surface area contributed by atoms with Crippen LogP contribution >= 0.6 is 11.8 Å². The fourth-order valence-corrected chi connectivity index (χ4v) is 3.14. The molecule has 0 unspecified atom stereocenters. The van der Waals surface area contributed by atoms with Gasteiger partial charge in [0.1, 0.15) is 5.84 Å². The molecule has 3 N–H and O–H groups in total. The van der Waals surface area contributed by atoms with Gasteiger partial charge in [0.05, 0.1) is 0 Å². The molecule has 0 saturated carbocycles. The van der Waals surface area contributed by atoms with Crippen molar-refractivity contribution in [1.29, 1.82) is 5.41 Å². The smallest absolute Gasteiger partial charge is 0.122 e. The summed E-state index contributed by atoms with van der Waals surface area (Å²) >= 11 is 1.80. The summed E-state index contributed by atoms with van der Waals surface area (Å²) in [4.78, 5) is 1.25. The molecule has 0 radical (unpaired) electrons. The highest BCUT2D eigenvalue weighted by molar-refractivity contribution is 7.98. The monoisotopic (exact) mass is 292 g/mol. The van der Waals surface area contributed by atoms with E-state index in [0.717, 1.165) is 11.3 Å². The van der Waals surface area contributed by atoms with Gasteiger partial charge in [0, 0.05) is 16.2 Å². The fraction of sp³-hybridized carbons (Fsp3) is 0.0556. The third-order valence-electron chi connectivity index (χ3n) is 3.36. The SMILES string of the molecule is N=C(N)c1cccc(CSc2ccc3ccccc3c2)c1. The van der Waals surface area contributed by atoms with Gasteiger partial charge in [-0.15, -0.1) is 11.8 Å². The molecule has 0 aromatic heterocycles. The molecule has 3 rings (SSSR count). The first-order chi connectivity index (χ1) is 10.2. The van der Waals surface area contributed by atoms with Crippen LogP contribution in [-0.2, 0) is 5.75 Å². The maximum Gasteiger partial charge on any atom is 0.122 e. The first kappa shape index (κ1) is 13.7. The Morgan fingerprint density at radius 2 is 1.71 bits per heavy atom. The minimum atomic E-state index is 0.118. The summed E-state index contributed by atoms with van der Waals surface area (Å²) in [5.41, 5.74) is 7.49. The molecule has 0 saturated heterocycles. The summed E-state index contributed by atoms with van der Waals surface area (Å²) in [6, 6.07) is 22.8. The van der Waals surface area contributed by atoms with Crippen LogP contribution in [0.2, 0.25) is 0 Å². The van der Waals surface area contributed by atoms with Crippen molar-refractivity contribution in [2.45, 2.75) is 10.6 Å². The zero-order valence-corrected chi connectivity index (χ0v) is 12.4. The quantitative estimate of drug-likeness (QED) is 0.425. The van der Waals surface area contributed by atoms with Crippen LogP contribution in [0.1, 0.15) is 11.1 Å². The van der Waals surface area contributed by atoms with Crippen molar-refractivity contribution < 1.29 is 0 Å². The van der Waals surface area contributed by atoms with Gasteiger partial charge < -0.3 is 5.73 Å². The summed E-state index contributed by atoms with van der Waals surface area (Å²) in [5, 5.41) is 10.0. The highest BCUT2D eigenvalue weighted by Gasteiger charge is 2.01. The average molecular weight is 292 g/mol. The fourth-order valence-electron chi connectivity index (χ4n) is 2.25. The molecule has 3 aromatic rings.